The topological polar surface area (TPSA) is 260 Å². The standard InChI is InChI=1S/C23H36N6O8/c1-12(30)19(26)22(35)27-15(4-2-3-9-24)20(33)28-16(10-13-5-7-14(31)8-6-13)21(34)29-17(23(36)37)11-18(25)32/h5-8,12,15-17,19,30-31H,2-4,9-11,24,26H2,1H3,(H2,25,32)(H,27,35)(H,28,33)(H,29,34)(H,36,37). The fraction of sp³-hybridized carbons (Fsp3) is 0.522. The van der Waals surface area contributed by atoms with Crippen molar-refractivity contribution in [3.8, 4) is 5.75 Å². The summed E-state index contributed by atoms with van der Waals surface area (Å²) in [5.41, 5.74) is 16.7. The maximum absolute atomic E-state index is 13.2. The number of aromatic hydroxyl groups is 1. The van der Waals surface area contributed by atoms with Gasteiger partial charge < -0.3 is 48.5 Å². The number of aliphatic hydroxyl groups excluding tert-OH is 1. The summed E-state index contributed by atoms with van der Waals surface area (Å²) >= 11 is 0. The summed E-state index contributed by atoms with van der Waals surface area (Å²) < 4.78 is 0. The third-order valence-corrected chi connectivity index (χ3v) is 5.43. The van der Waals surface area contributed by atoms with Gasteiger partial charge in [0.05, 0.1) is 12.5 Å². The number of aliphatic hydroxyl groups is 1. The highest BCUT2D eigenvalue weighted by molar-refractivity contribution is 5.95. The quantitative estimate of drug-likeness (QED) is 0.100. The minimum absolute atomic E-state index is 0.0293. The number of carbonyl (C=O) groups excluding carboxylic acids is 4. The van der Waals surface area contributed by atoms with Crippen LogP contribution in [0, 0.1) is 0 Å². The van der Waals surface area contributed by atoms with Crippen LogP contribution in [0.4, 0.5) is 0 Å². The van der Waals surface area contributed by atoms with Crippen LogP contribution in [0.1, 0.15) is 38.2 Å². The van der Waals surface area contributed by atoms with Gasteiger partial charge in [0.1, 0.15) is 29.9 Å². The van der Waals surface area contributed by atoms with Crippen molar-refractivity contribution in [2.75, 3.05) is 6.54 Å². The summed E-state index contributed by atoms with van der Waals surface area (Å²) in [7, 11) is 0. The number of carboxylic acid groups (broad SMARTS) is 1. The molecule has 0 radical (unpaired) electrons. The molecule has 0 aromatic heterocycles. The van der Waals surface area contributed by atoms with Gasteiger partial charge in [-0.25, -0.2) is 4.79 Å². The maximum atomic E-state index is 13.2. The second-order valence-electron chi connectivity index (χ2n) is 8.61. The van der Waals surface area contributed by atoms with Gasteiger partial charge in [-0.05, 0) is 50.4 Å². The first-order valence-corrected chi connectivity index (χ1v) is 11.7. The smallest absolute Gasteiger partial charge is 0.326 e. The number of benzene rings is 1. The summed E-state index contributed by atoms with van der Waals surface area (Å²) in [5.74, 6) is -4.94. The van der Waals surface area contributed by atoms with Crippen LogP contribution in [-0.4, -0.2) is 81.7 Å². The molecule has 0 saturated carbocycles. The number of phenolic OH excluding ortho intramolecular Hbond substituents is 1. The zero-order valence-electron chi connectivity index (χ0n) is 20.6. The van der Waals surface area contributed by atoms with E-state index >= 15 is 0 Å². The molecule has 12 N–H and O–H groups in total. The molecule has 0 aliphatic rings. The lowest BCUT2D eigenvalue weighted by Crippen LogP contribution is -2.58. The summed E-state index contributed by atoms with van der Waals surface area (Å²) in [6, 6.07) is 0.341. The molecular formula is C23H36N6O8. The fourth-order valence-electron chi connectivity index (χ4n) is 3.27. The van der Waals surface area contributed by atoms with Crippen molar-refractivity contribution in [3.63, 3.8) is 0 Å². The predicted molar refractivity (Wildman–Crippen MR) is 132 cm³/mol. The molecule has 0 heterocycles. The van der Waals surface area contributed by atoms with Gasteiger partial charge in [0.2, 0.25) is 23.6 Å². The van der Waals surface area contributed by atoms with Crippen LogP contribution in [0.2, 0.25) is 0 Å². The molecule has 0 saturated heterocycles. The van der Waals surface area contributed by atoms with Crippen LogP contribution in [0.25, 0.3) is 0 Å². The second-order valence-corrected chi connectivity index (χ2v) is 8.61. The highest BCUT2D eigenvalue weighted by Gasteiger charge is 2.31. The molecule has 1 rings (SSSR count). The highest BCUT2D eigenvalue weighted by atomic mass is 16.4. The zero-order valence-corrected chi connectivity index (χ0v) is 20.6. The number of primary amides is 1. The molecule has 5 atom stereocenters. The Bertz CT molecular complexity index is 940. The number of carbonyl (C=O) groups is 5. The number of phenols is 1. The van der Waals surface area contributed by atoms with Gasteiger partial charge in [-0.3, -0.25) is 19.2 Å². The van der Waals surface area contributed by atoms with E-state index in [9.17, 15) is 39.3 Å². The molecule has 14 nitrogen and oxygen atoms in total. The third kappa shape index (κ3) is 11.2. The Hall–Kier alpha value is -3.75. The van der Waals surface area contributed by atoms with E-state index in [1.807, 2.05) is 0 Å². The van der Waals surface area contributed by atoms with Crippen molar-refractivity contribution >= 4 is 29.6 Å². The minimum atomic E-state index is -1.63. The average molecular weight is 525 g/mol. The van der Waals surface area contributed by atoms with Gasteiger partial charge in [-0.2, -0.15) is 0 Å². The molecule has 0 spiro atoms. The molecule has 14 heteroatoms. The largest absolute Gasteiger partial charge is 0.508 e. The monoisotopic (exact) mass is 524 g/mol. The van der Waals surface area contributed by atoms with Crippen molar-refractivity contribution in [3.05, 3.63) is 29.8 Å². The minimum Gasteiger partial charge on any atom is -0.508 e. The van der Waals surface area contributed by atoms with Gasteiger partial charge in [0.15, 0.2) is 0 Å². The molecule has 0 fully saturated rings. The van der Waals surface area contributed by atoms with Crippen LogP contribution in [0.15, 0.2) is 24.3 Å². The highest BCUT2D eigenvalue weighted by Crippen LogP contribution is 2.12. The first-order valence-electron chi connectivity index (χ1n) is 11.7. The number of unbranched alkanes of at least 4 members (excludes halogenated alkanes) is 1. The molecule has 37 heavy (non-hydrogen) atoms. The van der Waals surface area contributed by atoms with Crippen molar-refractivity contribution in [1.29, 1.82) is 0 Å². The van der Waals surface area contributed by atoms with Gasteiger partial charge in [0.25, 0.3) is 0 Å². The van der Waals surface area contributed by atoms with Crippen molar-refractivity contribution in [1.82, 2.24) is 16.0 Å². The van der Waals surface area contributed by atoms with Crippen LogP contribution >= 0.6 is 0 Å². The number of carboxylic acids is 1. The summed E-state index contributed by atoms with van der Waals surface area (Å²) in [4.78, 5) is 61.2. The Kier molecular flexibility index (Phi) is 13.0. The van der Waals surface area contributed by atoms with E-state index in [0.29, 0.717) is 24.9 Å². The molecule has 0 aliphatic carbocycles. The summed E-state index contributed by atoms with van der Waals surface area (Å²) in [5, 5.41) is 35.6. The van der Waals surface area contributed by atoms with Gasteiger partial charge in [0, 0.05) is 6.42 Å². The Morgan fingerprint density at radius 3 is 1.95 bits per heavy atom. The van der Waals surface area contributed by atoms with Crippen molar-refractivity contribution < 1.29 is 39.3 Å². The van der Waals surface area contributed by atoms with Crippen molar-refractivity contribution in [2.24, 2.45) is 17.2 Å². The molecule has 206 valence electrons. The second kappa shape index (κ2) is 15.4. The summed E-state index contributed by atoms with van der Waals surface area (Å²) in [6.45, 7) is 1.66. The van der Waals surface area contributed by atoms with Crippen LogP contribution in [-0.2, 0) is 30.4 Å². The number of hydrogen-bond donors (Lipinski definition) is 9. The maximum Gasteiger partial charge on any atom is 0.326 e. The molecule has 1 aromatic carbocycles. The van der Waals surface area contributed by atoms with E-state index in [4.69, 9.17) is 17.2 Å². The van der Waals surface area contributed by atoms with E-state index in [-0.39, 0.29) is 18.6 Å². The molecule has 5 unspecified atom stereocenters. The average Bonchev–Trinajstić information content (AvgIpc) is 2.82. The molecule has 0 aliphatic heterocycles. The number of nitrogens with one attached hydrogen (secondary N) is 3. The van der Waals surface area contributed by atoms with E-state index < -0.39 is 66.3 Å². The lowest BCUT2D eigenvalue weighted by molar-refractivity contribution is -0.143. The summed E-state index contributed by atoms with van der Waals surface area (Å²) in [6.07, 6.45) is -0.819. The number of hydrogen-bond acceptors (Lipinski definition) is 9. The lowest BCUT2D eigenvalue weighted by atomic mass is 10.0. The normalized spacial score (nSPS) is 14.9. The first kappa shape index (κ1) is 31.3. The van der Waals surface area contributed by atoms with E-state index in [2.05, 4.69) is 16.0 Å². The number of nitrogens with two attached hydrogens (primary N) is 3. The number of rotatable bonds is 16. The first-order chi connectivity index (χ1) is 17.3. The van der Waals surface area contributed by atoms with E-state index in [1.165, 1.54) is 31.2 Å². The van der Waals surface area contributed by atoms with Crippen LogP contribution in [0.3, 0.4) is 0 Å². The van der Waals surface area contributed by atoms with Gasteiger partial charge >= 0.3 is 5.97 Å². The SMILES string of the molecule is CC(O)C(N)C(=O)NC(CCCCN)C(=O)NC(Cc1ccc(O)cc1)C(=O)NC(CC(N)=O)C(=O)O. The van der Waals surface area contributed by atoms with Gasteiger partial charge in [-0.1, -0.05) is 12.1 Å². The molecular weight excluding hydrogens is 488 g/mol. The van der Waals surface area contributed by atoms with E-state index in [0.717, 1.165) is 0 Å². The molecule has 4 amide bonds. The molecule has 1 aromatic rings. The Balaban J connectivity index is 3.17. The van der Waals surface area contributed by atoms with Crippen LogP contribution < -0.4 is 33.2 Å². The van der Waals surface area contributed by atoms with Crippen molar-refractivity contribution in [2.45, 2.75) is 69.3 Å². The fourth-order valence-corrected chi connectivity index (χ4v) is 3.27. The number of aliphatic carboxylic acids is 1. The van der Waals surface area contributed by atoms with Gasteiger partial charge in [-0.15, -0.1) is 0 Å². The van der Waals surface area contributed by atoms with Crippen LogP contribution in [0.5, 0.6) is 5.75 Å². The Morgan fingerprint density at radius 2 is 1.43 bits per heavy atom. The van der Waals surface area contributed by atoms with E-state index in [1.54, 1.807) is 0 Å². The molecule has 0 bridgehead atoms. The zero-order chi connectivity index (χ0) is 28.1. The number of amides is 4. The lowest BCUT2D eigenvalue weighted by Gasteiger charge is -2.25. The predicted octanol–water partition coefficient (Wildman–Crippen LogP) is -2.81. The Morgan fingerprint density at radius 1 is 0.892 bits per heavy atom. The Labute approximate surface area is 213 Å². The third-order valence-electron chi connectivity index (χ3n) is 5.43.